The Bertz CT molecular complexity index is 993. The van der Waals surface area contributed by atoms with Crippen molar-refractivity contribution in [2.45, 2.75) is 19.9 Å². The van der Waals surface area contributed by atoms with Gasteiger partial charge >= 0.3 is 0 Å². The van der Waals surface area contributed by atoms with Gasteiger partial charge in [-0.2, -0.15) is 4.99 Å². The Kier molecular flexibility index (Phi) is 6.36. The molecule has 0 aliphatic carbocycles. The summed E-state index contributed by atoms with van der Waals surface area (Å²) >= 11 is 1.30. The predicted molar refractivity (Wildman–Crippen MR) is 104 cm³/mol. The largest absolute Gasteiger partial charge is 0.497 e. The summed E-state index contributed by atoms with van der Waals surface area (Å²) < 4.78 is 27.3. The number of methoxy groups -OCH3 is 1. The van der Waals surface area contributed by atoms with Crippen molar-refractivity contribution in [2.75, 3.05) is 20.3 Å². The second-order valence-corrected chi connectivity index (χ2v) is 6.86. The number of amides is 1. The van der Waals surface area contributed by atoms with Crippen molar-refractivity contribution in [2.24, 2.45) is 4.99 Å². The van der Waals surface area contributed by atoms with Crippen molar-refractivity contribution < 1.29 is 18.7 Å². The summed E-state index contributed by atoms with van der Waals surface area (Å²) in [6, 6.07) is 12.2. The maximum Gasteiger partial charge on any atom is 0.252 e. The topological polar surface area (TPSA) is 52.8 Å². The van der Waals surface area contributed by atoms with Crippen LogP contribution in [0, 0.1) is 5.82 Å². The highest BCUT2D eigenvalue weighted by Gasteiger charge is 2.12. The van der Waals surface area contributed by atoms with Gasteiger partial charge in [-0.3, -0.25) is 4.79 Å². The van der Waals surface area contributed by atoms with Gasteiger partial charge in [-0.15, -0.1) is 0 Å². The lowest BCUT2D eigenvalue weighted by Gasteiger charge is -2.06. The molecule has 0 fully saturated rings. The summed E-state index contributed by atoms with van der Waals surface area (Å²) in [7, 11) is 1.59. The summed E-state index contributed by atoms with van der Waals surface area (Å²) in [5, 5.41) is 0. The van der Waals surface area contributed by atoms with Crippen molar-refractivity contribution in [3.05, 3.63) is 58.6 Å². The molecule has 7 heteroatoms. The third-order valence-corrected chi connectivity index (χ3v) is 5.09. The van der Waals surface area contributed by atoms with E-state index in [0.717, 1.165) is 16.0 Å². The highest BCUT2D eigenvalue weighted by Crippen LogP contribution is 2.20. The summed E-state index contributed by atoms with van der Waals surface area (Å²) in [5.41, 5.74) is 1.30. The number of hydrogen-bond acceptors (Lipinski definition) is 4. The molecule has 0 atom stereocenters. The van der Waals surface area contributed by atoms with E-state index in [2.05, 4.69) is 4.99 Å². The van der Waals surface area contributed by atoms with Crippen molar-refractivity contribution in [1.29, 1.82) is 0 Å². The Balaban J connectivity index is 1.92. The molecule has 27 heavy (non-hydrogen) atoms. The van der Waals surface area contributed by atoms with Crippen LogP contribution in [0.3, 0.4) is 0 Å². The predicted octanol–water partition coefficient (Wildman–Crippen LogP) is 3.56. The molecule has 0 unspecified atom stereocenters. The third-order valence-electron chi connectivity index (χ3n) is 4.05. The summed E-state index contributed by atoms with van der Waals surface area (Å²) in [6.07, 6.45) is 0.173. The van der Waals surface area contributed by atoms with Gasteiger partial charge in [0.2, 0.25) is 0 Å². The zero-order valence-corrected chi connectivity index (χ0v) is 16.1. The van der Waals surface area contributed by atoms with Gasteiger partial charge in [0.25, 0.3) is 5.91 Å². The number of aromatic nitrogens is 1. The molecule has 1 heterocycles. The zero-order chi connectivity index (χ0) is 19.2. The summed E-state index contributed by atoms with van der Waals surface area (Å²) in [4.78, 5) is 17.2. The molecule has 1 aromatic heterocycles. The van der Waals surface area contributed by atoms with Crippen molar-refractivity contribution in [1.82, 2.24) is 4.57 Å². The number of benzene rings is 2. The van der Waals surface area contributed by atoms with Crippen LogP contribution in [-0.2, 0) is 22.5 Å². The Morgan fingerprint density at radius 1 is 1.22 bits per heavy atom. The highest BCUT2D eigenvalue weighted by atomic mass is 32.1. The molecule has 3 rings (SSSR count). The van der Waals surface area contributed by atoms with Crippen LogP contribution < -0.4 is 9.54 Å². The van der Waals surface area contributed by atoms with Crippen LogP contribution in [0.5, 0.6) is 5.75 Å². The van der Waals surface area contributed by atoms with E-state index < -0.39 is 0 Å². The van der Waals surface area contributed by atoms with Gasteiger partial charge in [0, 0.05) is 13.2 Å². The van der Waals surface area contributed by atoms with Gasteiger partial charge in [0.15, 0.2) is 4.80 Å². The molecule has 2 aromatic carbocycles. The van der Waals surface area contributed by atoms with Gasteiger partial charge in [0.05, 0.1) is 30.4 Å². The average molecular weight is 388 g/mol. The van der Waals surface area contributed by atoms with Gasteiger partial charge in [-0.05, 0) is 36.8 Å². The number of fused-ring (bicyclic) bond motifs is 1. The number of nitrogens with zero attached hydrogens (tertiary/aromatic N) is 2. The Hall–Kier alpha value is -2.51. The summed E-state index contributed by atoms with van der Waals surface area (Å²) in [6.45, 7) is 3.34. The van der Waals surface area contributed by atoms with Crippen LogP contribution in [0.2, 0.25) is 0 Å². The van der Waals surface area contributed by atoms with Crippen molar-refractivity contribution in [3.63, 3.8) is 0 Å². The minimum atomic E-state index is -0.329. The molecular formula is C20H21FN2O3S. The number of hydrogen-bond donors (Lipinski definition) is 0. The first-order valence-electron chi connectivity index (χ1n) is 8.68. The zero-order valence-electron chi connectivity index (χ0n) is 15.3. The van der Waals surface area contributed by atoms with E-state index in [-0.39, 0.29) is 18.1 Å². The Labute approximate surface area is 160 Å². The molecule has 0 radical (unpaired) electrons. The lowest BCUT2D eigenvalue weighted by atomic mass is 10.1. The van der Waals surface area contributed by atoms with Gasteiger partial charge < -0.3 is 14.0 Å². The van der Waals surface area contributed by atoms with E-state index in [1.165, 1.54) is 17.4 Å². The van der Waals surface area contributed by atoms with E-state index >= 15 is 0 Å². The minimum absolute atomic E-state index is 0.173. The molecular weight excluding hydrogens is 367 g/mol. The first-order chi connectivity index (χ1) is 13.1. The lowest BCUT2D eigenvalue weighted by Crippen LogP contribution is -2.20. The molecule has 0 saturated carbocycles. The monoisotopic (exact) mass is 388 g/mol. The van der Waals surface area contributed by atoms with Crippen molar-refractivity contribution >= 4 is 27.5 Å². The van der Waals surface area contributed by atoms with Gasteiger partial charge in [-0.1, -0.05) is 29.5 Å². The minimum Gasteiger partial charge on any atom is -0.497 e. The van der Waals surface area contributed by atoms with Crippen LogP contribution >= 0.6 is 11.3 Å². The van der Waals surface area contributed by atoms with Crippen LogP contribution in [-0.4, -0.2) is 30.8 Å². The lowest BCUT2D eigenvalue weighted by molar-refractivity contribution is -0.117. The number of halogens is 1. The number of carbonyl (C=O) groups is 1. The fourth-order valence-corrected chi connectivity index (χ4v) is 3.83. The second-order valence-electron chi connectivity index (χ2n) is 5.85. The SMILES string of the molecule is CCOCCn1c(=NC(=O)Cc2ccc(OC)cc2)sc2cccc(F)c21. The second kappa shape index (κ2) is 8.92. The molecule has 142 valence electrons. The molecule has 0 saturated heterocycles. The Morgan fingerprint density at radius 3 is 2.70 bits per heavy atom. The van der Waals surface area contributed by atoms with Crippen molar-refractivity contribution in [3.8, 4) is 5.75 Å². The van der Waals surface area contributed by atoms with Crippen LogP contribution in [0.25, 0.3) is 10.2 Å². The fourth-order valence-electron chi connectivity index (χ4n) is 2.74. The van der Waals surface area contributed by atoms with E-state index in [0.29, 0.717) is 30.1 Å². The third kappa shape index (κ3) is 4.61. The number of carbonyl (C=O) groups excluding carboxylic acids is 1. The molecule has 0 spiro atoms. The van der Waals surface area contributed by atoms with E-state index in [9.17, 15) is 9.18 Å². The van der Waals surface area contributed by atoms with Crippen LogP contribution in [0.1, 0.15) is 12.5 Å². The molecule has 0 N–H and O–H groups in total. The number of rotatable bonds is 7. The van der Waals surface area contributed by atoms with E-state index in [1.807, 2.05) is 25.1 Å². The molecule has 3 aromatic rings. The number of ether oxygens (including phenoxy) is 2. The molecule has 5 nitrogen and oxygen atoms in total. The fraction of sp³-hybridized carbons (Fsp3) is 0.300. The molecule has 0 bridgehead atoms. The maximum atomic E-state index is 14.3. The quantitative estimate of drug-likeness (QED) is 0.582. The van der Waals surface area contributed by atoms with Crippen LogP contribution in [0.4, 0.5) is 4.39 Å². The molecule has 0 aliphatic rings. The van der Waals surface area contributed by atoms with Gasteiger partial charge in [0.1, 0.15) is 11.6 Å². The van der Waals surface area contributed by atoms with Crippen LogP contribution in [0.15, 0.2) is 47.5 Å². The molecule has 1 amide bonds. The highest BCUT2D eigenvalue weighted by molar-refractivity contribution is 7.16. The standard InChI is InChI=1S/C20H21FN2O3S/c1-3-26-12-11-23-19-16(21)5-4-6-17(19)27-20(23)22-18(24)13-14-7-9-15(25-2)10-8-14/h4-10H,3,11-13H2,1-2H3. The number of para-hydroxylation sites is 1. The summed E-state index contributed by atoms with van der Waals surface area (Å²) in [5.74, 6) is 0.124. The van der Waals surface area contributed by atoms with E-state index in [4.69, 9.17) is 9.47 Å². The molecule has 0 aliphatic heterocycles. The number of thiazole rings is 1. The van der Waals surface area contributed by atoms with Gasteiger partial charge in [-0.25, -0.2) is 4.39 Å². The Morgan fingerprint density at radius 2 is 2.00 bits per heavy atom. The smallest absolute Gasteiger partial charge is 0.252 e. The first kappa shape index (κ1) is 19.3. The van der Waals surface area contributed by atoms with E-state index in [1.54, 1.807) is 29.9 Å². The first-order valence-corrected chi connectivity index (χ1v) is 9.50. The average Bonchev–Trinajstić information content (AvgIpc) is 3.01. The maximum absolute atomic E-state index is 14.3. The normalized spacial score (nSPS) is 11.9.